The standard InChI is InChI=1S/C18H21F2N3O4S/c1-21(12-15-3-2-10-27-15)18(24)13-22-6-8-23(9-7-22)28(25,26)17-5-4-14(19)11-16(17)20/h2-5,10-11H,6-9,12-13H2,1H3. The van der Waals surface area contributed by atoms with Crippen LogP contribution in [-0.2, 0) is 21.4 Å². The number of hydrogen-bond acceptors (Lipinski definition) is 5. The average molecular weight is 413 g/mol. The summed E-state index contributed by atoms with van der Waals surface area (Å²) in [4.78, 5) is 15.2. The summed E-state index contributed by atoms with van der Waals surface area (Å²) in [5, 5.41) is 0. The molecule has 7 nitrogen and oxygen atoms in total. The van der Waals surface area contributed by atoms with Crippen molar-refractivity contribution in [1.29, 1.82) is 0 Å². The lowest BCUT2D eigenvalue weighted by atomic mass is 10.3. The zero-order valence-corrected chi connectivity index (χ0v) is 16.2. The molecule has 152 valence electrons. The molecule has 10 heteroatoms. The first kappa shape index (κ1) is 20.4. The van der Waals surface area contributed by atoms with Gasteiger partial charge in [-0.25, -0.2) is 17.2 Å². The number of hydrogen-bond donors (Lipinski definition) is 0. The fraction of sp³-hybridized carbons (Fsp3) is 0.389. The molecule has 0 bridgehead atoms. The number of benzene rings is 1. The Kier molecular flexibility index (Phi) is 6.11. The van der Waals surface area contributed by atoms with Gasteiger partial charge in [0.25, 0.3) is 0 Å². The zero-order chi connectivity index (χ0) is 20.3. The number of sulfonamides is 1. The molecule has 28 heavy (non-hydrogen) atoms. The van der Waals surface area contributed by atoms with Crippen molar-refractivity contribution in [3.8, 4) is 0 Å². The van der Waals surface area contributed by atoms with Gasteiger partial charge in [-0.3, -0.25) is 9.69 Å². The predicted octanol–water partition coefficient (Wildman–Crippen LogP) is 1.52. The second-order valence-electron chi connectivity index (χ2n) is 6.58. The smallest absolute Gasteiger partial charge is 0.246 e. The molecule has 0 radical (unpaired) electrons. The van der Waals surface area contributed by atoms with Crippen LogP contribution in [0.25, 0.3) is 0 Å². The van der Waals surface area contributed by atoms with Crippen molar-refractivity contribution in [3.63, 3.8) is 0 Å². The third-order valence-electron chi connectivity index (χ3n) is 4.60. The van der Waals surface area contributed by atoms with Crippen LogP contribution in [0.5, 0.6) is 0 Å². The van der Waals surface area contributed by atoms with Crippen molar-refractivity contribution < 1.29 is 26.4 Å². The van der Waals surface area contributed by atoms with Crippen molar-refractivity contribution in [1.82, 2.24) is 14.1 Å². The van der Waals surface area contributed by atoms with Gasteiger partial charge in [0, 0.05) is 39.3 Å². The van der Waals surface area contributed by atoms with Crippen molar-refractivity contribution in [2.75, 3.05) is 39.8 Å². The van der Waals surface area contributed by atoms with Gasteiger partial charge >= 0.3 is 0 Å². The monoisotopic (exact) mass is 413 g/mol. The lowest BCUT2D eigenvalue weighted by molar-refractivity contribution is -0.132. The van der Waals surface area contributed by atoms with Crippen LogP contribution < -0.4 is 0 Å². The summed E-state index contributed by atoms with van der Waals surface area (Å²) in [5.41, 5.74) is 0. The minimum Gasteiger partial charge on any atom is -0.467 e. The summed E-state index contributed by atoms with van der Waals surface area (Å²) >= 11 is 0. The van der Waals surface area contributed by atoms with Gasteiger partial charge in [-0.15, -0.1) is 0 Å². The van der Waals surface area contributed by atoms with Crippen molar-refractivity contribution >= 4 is 15.9 Å². The van der Waals surface area contributed by atoms with Gasteiger partial charge in [0.05, 0.1) is 19.4 Å². The highest BCUT2D eigenvalue weighted by Gasteiger charge is 2.31. The minimum atomic E-state index is -4.05. The van der Waals surface area contributed by atoms with Crippen LogP contribution in [0.15, 0.2) is 45.9 Å². The van der Waals surface area contributed by atoms with Gasteiger partial charge in [-0.2, -0.15) is 4.31 Å². The van der Waals surface area contributed by atoms with Crippen LogP contribution >= 0.6 is 0 Å². The normalized spacial score (nSPS) is 16.2. The van der Waals surface area contributed by atoms with E-state index in [0.717, 1.165) is 16.4 Å². The molecule has 1 aliphatic heterocycles. The summed E-state index contributed by atoms with van der Waals surface area (Å²) in [7, 11) is -2.39. The largest absolute Gasteiger partial charge is 0.467 e. The molecule has 1 aromatic carbocycles. The second-order valence-corrected chi connectivity index (χ2v) is 8.49. The Labute approximate surface area is 162 Å². The molecule has 0 unspecified atom stereocenters. The van der Waals surface area contributed by atoms with Crippen LogP contribution in [0, 0.1) is 11.6 Å². The molecule has 1 aliphatic rings. The SMILES string of the molecule is CN(Cc1ccco1)C(=O)CN1CCN(S(=O)(=O)c2ccc(F)cc2F)CC1. The highest BCUT2D eigenvalue weighted by molar-refractivity contribution is 7.89. The van der Waals surface area contributed by atoms with Crippen LogP contribution in [0.3, 0.4) is 0 Å². The highest BCUT2D eigenvalue weighted by atomic mass is 32.2. The highest BCUT2D eigenvalue weighted by Crippen LogP contribution is 2.21. The fourth-order valence-electron chi connectivity index (χ4n) is 2.99. The van der Waals surface area contributed by atoms with E-state index in [2.05, 4.69) is 0 Å². The van der Waals surface area contributed by atoms with Gasteiger partial charge in [0.2, 0.25) is 15.9 Å². The van der Waals surface area contributed by atoms with Gasteiger partial charge in [0.1, 0.15) is 22.3 Å². The molecular formula is C18H21F2N3O4S. The van der Waals surface area contributed by atoms with Crippen LogP contribution in [0.1, 0.15) is 5.76 Å². The third-order valence-corrected chi connectivity index (χ3v) is 6.53. The average Bonchev–Trinajstić information content (AvgIpc) is 3.14. The van der Waals surface area contributed by atoms with E-state index >= 15 is 0 Å². The number of amides is 1. The van der Waals surface area contributed by atoms with Crippen molar-refractivity contribution in [2.45, 2.75) is 11.4 Å². The molecule has 1 aromatic heterocycles. The molecule has 2 heterocycles. The van der Waals surface area contributed by atoms with Gasteiger partial charge in [-0.05, 0) is 24.3 Å². The summed E-state index contributed by atoms with van der Waals surface area (Å²) in [6.07, 6.45) is 1.54. The first-order valence-corrected chi connectivity index (χ1v) is 10.2. The second kappa shape index (κ2) is 8.38. The number of rotatable bonds is 6. The molecule has 0 atom stereocenters. The Morgan fingerprint density at radius 3 is 2.50 bits per heavy atom. The maximum absolute atomic E-state index is 13.9. The molecule has 1 fully saturated rings. The topological polar surface area (TPSA) is 74.1 Å². The maximum Gasteiger partial charge on any atom is 0.246 e. The Hall–Kier alpha value is -2.30. The molecule has 1 amide bonds. The maximum atomic E-state index is 13.9. The number of likely N-dealkylation sites (N-methyl/N-ethyl adjacent to an activating group) is 1. The van der Waals surface area contributed by atoms with E-state index in [1.165, 1.54) is 11.2 Å². The Bertz CT molecular complexity index is 926. The summed E-state index contributed by atoms with van der Waals surface area (Å²) in [5.74, 6) is -1.39. The third kappa shape index (κ3) is 4.57. The molecule has 2 aromatic rings. The number of nitrogens with zero attached hydrogens (tertiary/aromatic N) is 3. The molecule has 0 N–H and O–H groups in total. The number of carbonyl (C=O) groups excluding carboxylic acids is 1. The first-order chi connectivity index (χ1) is 13.3. The van der Waals surface area contributed by atoms with Crippen molar-refractivity contribution in [3.05, 3.63) is 54.0 Å². The number of furan rings is 1. The van der Waals surface area contributed by atoms with Gasteiger partial charge in [0.15, 0.2) is 0 Å². The molecule has 0 saturated carbocycles. The number of carbonyl (C=O) groups is 1. The fourth-order valence-corrected chi connectivity index (χ4v) is 4.46. The van der Waals surface area contributed by atoms with E-state index in [1.54, 1.807) is 19.2 Å². The zero-order valence-electron chi connectivity index (χ0n) is 15.3. The molecule has 1 saturated heterocycles. The van der Waals surface area contributed by atoms with E-state index in [9.17, 15) is 22.0 Å². The minimum absolute atomic E-state index is 0.114. The summed E-state index contributed by atoms with van der Waals surface area (Å²) < 4.78 is 58.5. The van der Waals surface area contributed by atoms with Gasteiger partial charge < -0.3 is 9.32 Å². The van der Waals surface area contributed by atoms with Crippen LogP contribution in [0.2, 0.25) is 0 Å². The molecule has 3 rings (SSSR count). The van der Waals surface area contributed by atoms with E-state index in [1.807, 2.05) is 4.90 Å². The molecular weight excluding hydrogens is 392 g/mol. The lowest BCUT2D eigenvalue weighted by Crippen LogP contribution is -2.51. The first-order valence-electron chi connectivity index (χ1n) is 8.71. The van der Waals surface area contributed by atoms with Crippen molar-refractivity contribution in [2.24, 2.45) is 0 Å². The van der Waals surface area contributed by atoms with Gasteiger partial charge in [-0.1, -0.05) is 0 Å². The quantitative estimate of drug-likeness (QED) is 0.718. The summed E-state index contributed by atoms with van der Waals surface area (Å²) in [6, 6.07) is 5.93. The summed E-state index contributed by atoms with van der Waals surface area (Å²) in [6.45, 7) is 1.41. The van der Waals surface area contributed by atoms with E-state index in [-0.39, 0.29) is 25.5 Å². The van der Waals surface area contributed by atoms with Crippen LogP contribution in [-0.4, -0.2) is 68.2 Å². The predicted molar refractivity (Wildman–Crippen MR) is 96.7 cm³/mol. The Balaban J connectivity index is 1.55. The Morgan fingerprint density at radius 2 is 1.89 bits per heavy atom. The molecule has 0 aliphatic carbocycles. The van der Waals surface area contributed by atoms with E-state index < -0.39 is 26.6 Å². The van der Waals surface area contributed by atoms with Crippen LogP contribution in [0.4, 0.5) is 8.78 Å². The van der Waals surface area contributed by atoms with E-state index in [4.69, 9.17) is 4.42 Å². The van der Waals surface area contributed by atoms with E-state index in [0.29, 0.717) is 31.5 Å². The number of halogens is 2. The Morgan fingerprint density at radius 1 is 1.18 bits per heavy atom. The molecule has 0 spiro atoms. The lowest BCUT2D eigenvalue weighted by Gasteiger charge is -2.34. The number of piperazine rings is 1.